The average Bonchev–Trinajstić information content (AvgIpc) is 2.63. The lowest BCUT2D eigenvalue weighted by Crippen LogP contribution is -2.50. The first-order chi connectivity index (χ1) is 8.58. The van der Waals surface area contributed by atoms with Crippen molar-refractivity contribution in [1.29, 1.82) is 0 Å². The molecule has 1 atom stereocenters. The number of rotatable bonds is 9. The maximum absolute atomic E-state index is 10.9. The zero-order valence-corrected chi connectivity index (χ0v) is 11.8. The Morgan fingerprint density at radius 1 is 1.28 bits per heavy atom. The number of carboxylic acid groups (broad SMARTS) is 1. The second-order valence-corrected chi connectivity index (χ2v) is 5.49. The van der Waals surface area contributed by atoms with Crippen LogP contribution in [0.1, 0.15) is 51.9 Å². The molecule has 0 aromatic rings. The molecule has 4 heteroatoms. The average molecular weight is 255 g/mol. The van der Waals surface area contributed by atoms with Crippen molar-refractivity contribution < 1.29 is 14.4 Å². The Bertz CT molecular complexity index is 302. The minimum Gasteiger partial charge on any atom is -0.477 e. The molecule has 0 saturated heterocycles. The molecule has 0 saturated carbocycles. The summed E-state index contributed by atoms with van der Waals surface area (Å²) in [5, 5.41) is 8.95. The molecule has 0 bridgehead atoms. The van der Waals surface area contributed by atoms with E-state index < -0.39 is 5.97 Å². The minimum atomic E-state index is -0.727. The van der Waals surface area contributed by atoms with Crippen LogP contribution in [-0.2, 0) is 4.79 Å². The fourth-order valence-electron chi connectivity index (χ4n) is 2.58. The van der Waals surface area contributed by atoms with Gasteiger partial charge in [-0.1, -0.05) is 39.0 Å². The Kier molecular flexibility index (Phi) is 6.33. The van der Waals surface area contributed by atoms with Crippen LogP contribution in [0.15, 0.2) is 4.99 Å². The molecule has 0 fully saturated rings. The van der Waals surface area contributed by atoms with Gasteiger partial charge < -0.3 is 5.11 Å². The number of quaternary nitrogens is 1. The highest BCUT2D eigenvalue weighted by Crippen LogP contribution is 2.17. The van der Waals surface area contributed by atoms with Gasteiger partial charge in [0.25, 0.3) is 0 Å². The summed E-state index contributed by atoms with van der Waals surface area (Å²) in [7, 11) is 2.00. The zero-order valence-electron chi connectivity index (χ0n) is 11.8. The lowest BCUT2D eigenvalue weighted by Gasteiger charge is -2.28. The normalized spacial score (nSPS) is 23.1. The van der Waals surface area contributed by atoms with E-state index in [0.29, 0.717) is 4.48 Å². The van der Waals surface area contributed by atoms with Gasteiger partial charge in [0.15, 0.2) is 12.4 Å². The molecule has 0 amide bonds. The highest BCUT2D eigenvalue weighted by atomic mass is 16.4. The van der Waals surface area contributed by atoms with Crippen LogP contribution in [0, 0.1) is 0 Å². The summed E-state index contributed by atoms with van der Waals surface area (Å²) in [5.74, 6) is 0.364. The molecule has 1 rings (SSSR count). The van der Waals surface area contributed by atoms with Crippen molar-refractivity contribution in [2.45, 2.75) is 51.9 Å². The fraction of sp³-hybridized carbons (Fsp3) is 0.857. The second kappa shape index (κ2) is 7.52. The molecule has 0 spiro atoms. The van der Waals surface area contributed by atoms with Crippen LogP contribution in [0.3, 0.4) is 0 Å². The van der Waals surface area contributed by atoms with Crippen molar-refractivity contribution in [3.05, 3.63) is 0 Å². The van der Waals surface area contributed by atoms with Gasteiger partial charge >= 0.3 is 5.97 Å². The number of hydrogen-bond acceptors (Lipinski definition) is 2. The molecule has 1 aliphatic rings. The monoisotopic (exact) mass is 255 g/mol. The van der Waals surface area contributed by atoms with E-state index in [2.05, 4.69) is 11.9 Å². The predicted molar refractivity (Wildman–Crippen MR) is 73.8 cm³/mol. The maximum Gasteiger partial charge on any atom is 0.359 e. The van der Waals surface area contributed by atoms with E-state index in [1.165, 1.54) is 32.1 Å². The van der Waals surface area contributed by atoms with Gasteiger partial charge in [-0.25, -0.2) is 9.79 Å². The van der Waals surface area contributed by atoms with Crippen molar-refractivity contribution in [3.8, 4) is 0 Å². The number of aliphatic imine (C=N–C) groups is 1. The lowest BCUT2D eigenvalue weighted by atomic mass is 10.1. The molecule has 0 aliphatic carbocycles. The van der Waals surface area contributed by atoms with E-state index in [1.54, 1.807) is 0 Å². The van der Waals surface area contributed by atoms with E-state index in [-0.39, 0.29) is 6.54 Å². The fourth-order valence-corrected chi connectivity index (χ4v) is 2.58. The number of unbranched alkanes of at least 4 members (excludes halogenated alkanes) is 5. The molecular formula is C14H27N2O2+. The number of amidine groups is 1. The Morgan fingerprint density at radius 2 is 1.94 bits per heavy atom. The molecule has 0 aromatic heterocycles. The second-order valence-electron chi connectivity index (χ2n) is 5.49. The molecule has 4 nitrogen and oxygen atoms in total. The summed E-state index contributed by atoms with van der Waals surface area (Å²) in [6, 6.07) is 0. The van der Waals surface area contributed by atoms with Crippen molar-refractivity contribution in [1.82, 2.24) is 0 Å². The van der Waals surface area contributed by atoms with Crippen LogP contribution < -0.4 is 0 Å². The first-order valence-electron chi connectivity index (χ1n) is 7.19. The number of nitrogens with zero attached hydrogens (tertiary/aromatic N) is 2. The quantitative estimate of drug-likeness (QED) is 0.508. The zero-order chi connectivity index (χ0) is 13.4. The van der Waals surface area contributed by atoms with Crippen molar-refractivity contribution in [2.75, 3.05) is 26.7 Å². The van der Waals surface area contributed by atoms with E-state index in [0.717, 1.165) is 31.8 Å². The van der Waals surface area contributed by atoms with Gasteiger partial charge in [-0.2, -0.15) is 0 Å². The van der Waals surface area contributed by atoms with Gasteiger partial charge in [-0.05, 0) is 6.42 Å². The maximum atomic E-state index is 10.9. The Balaban J connectivity index is 2.26. The number of likely N-dealkylation sites (N-methyl/N-ethyl adjacent to an activating group) is 1. The van der Waals surface area contributed by atoms with E-state index in [1.807, 2.05) is 7.05 Å². The number of carboxylic acids is 1. The van der Waals surface area contributed by atoms with Crippen LogP contribution >= 0.6 is 0 Å². The molecule has 18 heavy (non-hydrogen) atoms. The van der Waals surface area contributed by atoms with Crippen LogP contribution in [-0.4, -0.2) is 48.1 Å². The van der Waals surface area contributed by atoms with Gasteiger partial charge in [0.1, 0.15) is 6.54 Å². The summed E-state index contributed by atoms with van der Waals surface area (Å²) in [6.45, 7) is 4.03. The topological polar surface area (TPSA) is 49.7 Å². The first-order valence-corrected chi connectivity index (χ1v) is 7.19. The summed E-state index contributed by atoms with van der Waals surface area (Å²) < 4.78 is 0.518. The van der Waals surface area contributed by atoms with Crippen molar-refractivity contribution in [3.63, 3.8) is 0 Å². The van der Waals surface area contributed by atoms with Crippen molar-refractivity contribution in [2.24, 2.45) is 4.99 Å². The standard InChI is InChI=1S/C14H26N2O2/c1-3-4-5-6-7-8-9-13-15-10-11-16(13,2)12-14(17)18/h3-12H2,1-2H3/p+1. The van der Waals surface area contributed by atoms with Gasteiger partial charge in [-0.15, -0.1) is 0 Å². The third kappa shape index (κ3) is 4.77. The van der Waals surface area contributed by atoms with Gasteiger partial charge in [0.05, 0.1) is 13.6 Å². The molecule has 1 heterocycles. The molecule has 0 radical (unpaired) electrons. The van der Waals surface area contributed by atoms with Gasteiger partial charge in [0, 0.05) is 6.42 Å². The summed E-state index contributed by atoms with van der Waals surface area (Å²) in [4.78, 5) is 15.4. The third-order valence-corrected chi connectivity index (χ3v) is 3.75. The highest BCUT2D eigenvalue weighted by Gasteiger charge is 2.35. The van der Waals surface area contributed by atoms with E-state index in [9.17, 15) is 4.79 Å². The predicted octanol–water partition coefficient (Wildman–Crippen LogP) is 2.68. The Hall–Kier alpha value is -0.900. The summed E-state index contributed by atoms with van der Waals surface area (Å²) in [5.41, 5.74) is 0. The Morgan fingerprint density at radius 3 is 2.61 bits per heavy atom. The molecule has 0 aromatic carbocycles. The lowest BCUT2D eigenvalue weighted by molar-refractivity contribution is -0.807. The van der Waals surface area contributed by atoms with Gasteiger partial charge in [-0.3, -0.25) is 4.48 Å². The first kappa shape index (κ1) is 15.2. The van der Waals surface area contributed by atoms with Crippen LogP contribution in [0.2, 0.25) is 0 Å². The molecular weight excluding hydrogens is 228 g/mol. The number of hydrogen-bond donors (Lipinski definition) is 1. The molecule has 104 valence electrons. The largest absolute Gasteiger partial charge is 0.477 e. The third-order valence-electron chi connectivity index (χ3n) is 3.75. The molecule has 1 unspecified atom stereocenters. The van der Waals surface area contributed by atoms with Crippen LogP contribution in [0.4, 0.5) is 0 Å². The van der Waals surface area contributed by atoms with Crippen LogP contribution in [0.25, 0.3) is 0 Å². The smallest absolute Gasteiger partial charge is 0.359 e. The highest BCUT2D eigenvalue weighted by molar-refractivity contribution is 5.79. The Labute approximate surface area is 110 Å². The van der Waals surface area contributed by atoms with Crippen LogP contribution in [0.5, 0.6) is 0 Å². The SMILES string of the molecule is CCCCCCCCC1=NCC[N+]1(C)CC(=O)O. The number of carbonyl (C=O) groups is 1. The number of aliphatic carboxylic acids is 1. The van der Waals surface area contributed by atoms with Gasteiger partial charge in [0.2, 0.25) is 0 Å². The molecule has 1 N–H and O–H groups in total. The summed E-state index contributed by atoms with van der Waals surface area (Å²) >= 11 is 0. The minimum absolute atomic E-state index is 0.175. The summed E-state index contributed by atoms with van der Waals surface area (Å²) in [6.07, 6.45) is 8.58. The van der Waals surface area contributed by atoms with E-state index >= 15 is 0 Å². The van der Waals surface area contributed by atoms with Crippen molar-refractivity contribution >= 4 is 11.8 Å². The molecule has 1 aliphatic heterocycles. The van der Waals surface area contributed by atoms with E-state index in [4.69, 9.17) is 5.11 Å².